The van der Waals surface area contributed by atoms with Gasteiger partial charge < -0.3 is 26.4 Å². The minimum absolute atomic E-state index is 0.0835. The number of carbonyl (C=O) groups is 1. The zero-order chi connectivity index (χ0) is 21.3. The number of halogens is 3. The summed E-state index contributed by atoms with van der Waals surface area (Å²) in [5.41, 5.74) is 7.48. The third-order valence-electron chi connectivity index (χ3n) is 4.28. The van der Waals surface area contributed by atoms with Crippen LogP contribution >= 0.6 is 0 Å². The lowest BCUT2D eigenvalue weighted by Gasteiger charge is -2.14. The molecule has 0 fully saturated rings. The number of rotatable bonds is 6. The number of fused-ring (bicyclic) bond motifs is 1. The molecular weight excluding hydrogens is 401 g/mol. The fourth-order valence-corrected chi connectivity index (χ4v) is 2.98. The van der Waals surface area contributed by atoms with Crippen molar-refractivity contribution in [2.24, 2.45) is 0 Å². The number of aromatic nitrogens is 2. The second-order valence-corrected chi connectivity index (χ2v) is 6.30. The highest BCUT2D eigenvalue weighted by molar-refractivity contribution is 6.04. The molecule has 2 aromatic carbocycles. The van der Waals surface area contributed by atoms with Crippen molar-refractivity contribution in [2.75, 3.05) is 16.4 Å². The van der Waals surface area contributed by atoms with E-state index in [1.165, 1.54) is 18.2 Å². The predicted molar refractivity (Wildman–Crippen MR) is 104 cm³/mol. The SMILES string of the molecule is Nc1ccc(Nc2ncc(F)c(Nc3cccc4c3C(=O)NC4)n2)c(OC(F)F)c1. The molecule has 154 valence electrons. The Balaban J connectivity index is 1.63. The van der Waals surface area contributed by atoms with Gasteiger partial charge in [-0.05, 0) is 23.8 Å². The number of nitrogens with zero attached hydrogens (tertiary/aromatic N) is 2. The molecule has 0 saturated heterocycles. The summed E-state index contributed by atoms with van der Waals surface area (Å²) >= 11 is 0. The molecule has 0 aliphatic carbocycles. The summed E-state index contributed by atoms with van der Waals surface area (Å²) < 4.78 is 44.0. The number of amides is 1. The van der Waals surface area contributed by atoms with Gasteiger partial charge in [-0.15, -0.1) is 0 Å². The van der Waals surface area contributed by atoms with Crippen LogP contribution in [0.4, 0.5) is 42.0 Å². The van der Waals surface area contributed by atoms with Crippen molar-refractivity contribution in [3.8, 4) is 5.75 Å². The molecule has 11 heteroatoms. The van der Waals surface area contributed by atoms with Gasteiger partial charge in [0, 0.05) is 18.3 Å². The first-order chi connectivity index (χ1) is 14.4. The highest BCUT2D eigenvalue weighted by Gasteiger charge is 2.23. The number of hydrogen-bond donors (Lipinski definition) is 4. The first-order valence-corrected chi connectivity index (χ1v) is 8.71. The van der Waals surface area contributed by atoms with E-state index >= 15 is 0 Å². The lowest BCUT2D eigenvalue weighted by atomic mass is 10.1. The number of nitrogens with two attached hydrogens (primary N) is 1. The minimum Gasteiger partial charge on any atom is -0.433 e. The van der Waals surface area contributed by atoms with Crippen LogP contribution in [0.5, 0.6) is 5.75 Å². The Kier molecular flexibility index (Phi) is 5.00. The highest BCUT2D eigenvalue weighted by atomic mass is 19.3. The van der Waals surface area contributed by atoms with Gasteiger partial charge in [-0.1, -0.05) is 12.1 Å². The lowest BCUT2D eigenvalue weighted by Crippen LogP contribution is -2.14. The summed E-state index contributed by atoms with van der Waals surface area (Å²) in [6, 6.07) is 9.21. The molecule has 1 aliphatic rings. The van der Waals surface area contributed by atoms with Crippen molar-refractivity contribution in [2.45, 2.75) is 13.2 Å². The Hall–Kier alpha value is -4.02. The second-order valence-electron chi connectivity index (χ2n) is 6.30. The average Bonchev–Trinajstić information content (AvgIpc) is 3.08. The zero-order valence-electron chi connectivity index (χ0n) is 15.2. The Labute approximate surface area is 168 Å². The number of anilines is 5. The standard InChI is InChI=1S/C19H15F3N6O2/c20-11-8-25-19(27-12-5-4-10(23)6-14(12)30-18(21)22)28-16(11)26-13-3-1-2-9-7-24-17(29)15(9)13/h1-6,8,18H,7,23H2,(H,24,29)(H2,25,26,27,28). The normalized spacial score (nSPS) is 12.5. The fourth-order valence-electron chi connectivity index (χ4n) is 2.98. The number of carbonyl (C=O) groups excluding carboxylic acids is 1. The summed E-state index contributed by atoms with van der Waals surface area (Å²) in [5.74, 6) is -1.55. The van der Waals surface area contributed by atoms with Crippen LogP contribution in [0.2, 0.25) is 0 Å². The van der Waals surface area contributed by atoms with Crippen molar-refractivity contribution in [1.29, 1.82) is 0 Å². The summed E-state index contributed by atoms with van der Waals surface area (Å²) in [5, 5.41) is 8.18. The molecule has 0 spiro atoms. The number of alkyl halides is 2. The van der Waals surface area contributed by atoms with E-state index in [1.54, 1.807) is 18.2 Å². The molecule has 0 unspecified atom stereocenters. The van der Waals surface area contributed by atoms with Gasteiger partial charge in [0.1, 0.15) is 0 Å². The van der Waals surface area contributed by atoms with Crippen LogP contribution in [-0.4, -0.2) is 22.5 Å². The van der Waals surface area contributed by atoms with Crippen LogP contribution in [0.1, 0.15) is 15.9 Å². The maximum atomic E-state index is 14.3. The van der Waals surface area contributed by atoms with Crippen LogP contribution in [0.25, 0.3) is 0 Å². The summed E-state index contributed by atoms with van der Waals surface area (Å²) in [4.78, 5) is 19.9. The van der Waals surface area contributed by atoms with Crippen LogP contribution in [-0.2, 0) is 6.54 Å². The van der Waals surface area contributed by atoms with Crippen molar-refractivity contribution < 1.29 is 22.7 Å². The zero-order valence-corrected chi connectivity index (χ0v) is 15.2. The van der Waals surface area contributed by atoms with Gasteiger partial charge in [0.15, 0.2) is 17.4 Å². The Bertz CT molecular complexity index is 1130. The summed E-state index contributed by atoms with van der Waals surface area (Å²) in [6.07, 6.45) is 0.909. The molecule has 1 aromatic heterocycles. The van der Waals surface area contributed by atoms with Crippen molar-refractivity contribution >= 4 is 34.7 Å². The quantitative estimate of drug-likeness (QED) is 0.455. The average molecular weight is 416 g/mol. The molecule has 8 nitrogen and oxygen atoms in total. The second kappa shape index (κ2) is 7.78. The van der Waals surface area contributed by atoms with Gasteiger partial charge in [0.05, 0.1) is 23.1 Å². The number of hydrogen-bond acceptors (Lipinski definition) is 7. The smallest absolute Gasteiger partial charge is 0.387 e. The van der Waals surface area contributed by atoms with Crippen LogP contribution in [0.15, 0.2) is 42.6 Å². The summed E-state index contributed by atoms with van der Waals surface area (Å²) in [6.45, 7) is -2.68. The van der Waals surface area contributed by atoms with Crippen molar-refractivity contribution in [1.82, 2.24) is 15.3 Å². The van der Waals surface area contributed by atoms with Gasteiger partial charge in [-0.25, -0.2) is 9.37 Å². The fraction of sp³-hybridized carbons (Fsp3) is 0.105. The molecule has 30 heavy (non-hydrogen) atoms. The Morgan fingerprint density at radius 3 is 2.80 bits per heavy atom. The molecule has 0 saturated carbocycles. The number of nitrogens with one attached hydrogen (secondary N) is 3. The van der Waals surface area contributed by atoms with Gasteiger partial charge >= 0.3 is 6.61 Å². The molecule has 0 bridgehead atoms. The molecule has 1 aliphatic heterocycles. The van der Waals surface area contributed by atoms with E-state index in [0.29, 0.717) is 17.8 Å². The highest BCUT2D eigenvalue weighted by Crippen LogP contribution is 2.31. The molecular formula is C19H15F3N6O2. The van der Waals surface area contributed by atoms with E-state index in [0.717, 1.165) is 11.8 Å². The van der Waals surface area contributed by atoms with Gasteiger partial charge in [0.2, 0.25) is 5.95 Å². The predicted octanol–water partition coefficient (Wildman–Crippen LogP) is 3.53. The minimum atomic E-state index is -3.06. The maximum absolute atomic E-state index is 14.3. The molecule has 1 amide bonds. The topological polar surface area (TPSA) is 114 Å². The molecule has 5 N–H and O–H groups in total. The van der Waals surface area contributed by atoms with E-state index < -0.39 is 12.4 Å². The molecule has 2 heterocycles. The number of nitrogen functional groups attached to an aromatic ring is 1. The van der Waals surface area contributed by atoms with E-state index in [-0.39, 0.29) is 34.8 Å². The van der Waals surface area contributed by atoms with Crippen molar-refractivity contribution in [3.05, 3.63) is 59.5 Å². The monoisotopic (exact) mass is 416 g/mol. The van der Waals surface area contributed by atoms with Crippen molar-refractivity contribution in [3.63, 3.8) is 0 Å². The molecule has 4 rings (SSSR count). The lowest BCUT2D eigenvalue weighted by molar-refractivity contribution is -0.0493. The van der Waals surface area contributed by atoms with Crippen LogP contribution in [0, 0.1) is 5.82 Å². The Morgan fingerprint density at radius 2 is 2.00 bits per heavy atom. The van der Waals surface area contributed by atoms with E-state index in [9.17, 15) is 18.0 Å². The first kappa shape index (κ1) is 19.3. The first-order valence-electron chi connectivity index (χ1n) is 8.71. The maximum Gasteiger partial charge on any atom is 0.387 e. The van der Waals surface area contributed by atoms with Gasteiger partial charge in [-0.3, -0.25) is 4.79 Å². The van der Waals surface area contributed by atoms with Crippen LogP contribution < -0.4 is 26.4 Å². The largest absolute Gasteiger partial charge is 0.433 e. The van der Waals surface area contributed by atoms with E-state index in [4.69, 9.17) is 5.73 Å². The number of benzene rings is 2. The van der Waals surface area contributed by atoms with Crippen LogP contribution in [0.3, 0.4) is 0 Å². The Morgan fingerprint density at radius 1 is 1.17 bits per heavy atom. The molecule has 0 radical (unpaired) electrons. The summed E-state index contributed by atoms with van der Waals surface area (Å²) in [7, 11) is 0. The third kappa shape index (κ3) is 3.90. The van der Waals surface area contributed by atoms with E-state index in [1.807, 2.05) is 0 Å². The molecule has 3 aromatic rings. The van der Waals surface area contributed by atoms with Gasteiger partial charge in [-0.2, -0.15) is 13.8 Å². The van der Waals surface area contributed by atoms with E-state index in [2.05, 4.69) is 30.7 Å². The molecule has 0 atom stereocenters. The third-order valence-corrected chi connectivity index (χ3v) is 4.28. The number of ether oxygens (including phenoxy) is 1. The van der Waals surface area contributed by atoms with Gasteiger partial charge in [0.25, 0.3) is 5.91 Å².